The van der Waals surface area contributed by atoms with Gasteiger partial charge in [0.1, 0.15) is 22.7 Å². The van der Waals surface area contributed by atoms with Gasteiger partial charge in [0.15, 0.2) is 0 Å². The number of fused-ring (bicyclic) bond motifs is 7. The summed E-state index contributed by atoms with van der Waals surface area (Å²) >= 11 is 0. The van der Waals surface area contributed by atoms with Crippen LogP contribution in [0.2, 0.25) is 0 Å². The van der Waals surface area contributed by atoms with E-state index in [9.17, 15) is 0 Å². The van der Waals surface area contributed by atoms with Gasteiger partial charge in [-0.15, -0.1) is 0 Å². The monoisotopic (exact) mass is 1100 g/mol. The van der Waals surface area contributed by atoms with Crippen LogP contribution in [0.25, 0.3) is 116 Å². The van der Waals surface area contributed by atoms with Gasteiger partial charge in [0, 0.05) is 97.9 Å². The fourth-order valence-corrected chi connectivity index (χ4v) is 12.9. The zero-order valence-electron chi connectivity index (χ0n) is 46.9. The average Bonchev–Trinajstić information content (AvgIpc) is 1.07. The van der Waals surface area contributed by atoms with Crippen LogP contribution in [0.15, 0.2) is 313 Å². The molecule has 0 aliphatic heterocycles. The summed E-state index contributed by atoms with van der Waals surface area (Å²) in [4.78, 5) is 13.6. The molecule has 406 valence electrons. The lowest BCUT2D eigenvalue weighted by Crippen LogP contribution is -2.12. The van der Waals surface area contributed by atoms with Crippen molar-refractivity contribution in [2.75, 3.05) is 9.80 Å². The molecule has 4 heterocycles. The number of pyridine rings is 2. The maximum atomic E-state index is 7.13. The van der Waals surface area contributed by atoms with Gasteiger partial charge < -0.3 is 18.6 Å². The molecule has 1 aliphatic rings. The Morgan fingerprint density at radius 1 is 0.302 bits per heavy atom. The SMILES string of the molecule is C1=CCCC(c2oc3cc(N(c4cccc(-c5ccncc5)c4)c4cc5c6ccccc6c(N(c6cccc(-c7ccncc7)c6)c6ccc7c(-c8ccccc8)c(-c8ccccc8)oc7c6)cc5c5ccccc45)ccc3c2-c2ccccc2)=C1. The first kappa shape index (κ1) is 50.4. The Morgan fingerprint density at radius 3 is 1.20 bits per heavy atom. The summed E-state index contributed by atoms with van der Waals surface area (Å²) in [6.45, 7) is 0. The highest BCUT2D eigenvalue weighted by Crippen LogP contribution is 2.51. The molecule has 0 bridgehead atoms. The lowest BCUT2D eigenvalue weighted by atomic mass is 9.93. The van der Waals surface area contributed by atoms with Crippen LogP contribution < -0.4 is 9.80 Å². The number of anilines is 6. The van der Waals surface area contributed by atoms with E-state index in [0.717, 1.165) is 163 Å². The van der Waals surface area contributed by atoms with Crippen LogP contribution in [0, 0.1) is 0 Å². The first-order valence-electron chi connectivity index (χ1n) is 29.3. The molecule has 0 N–H and O–H groups in total. The van der Waals surface area contributed by atoms with Crippen LogP contribution in [0.1, 0.15) is 18.6 Å². The van der Waals surface area contributed by atoms with Crippen LogP contribution in [-0.2, 0) is 0 Å². The third-order valence-electron chi connectivity index (χ3n) is 16.9. The van der Waals surface area contributed by atoms with Crippen LogP contribution >= 0.6 is 0 Å². The van der Waals surface area contributed by atoms with E-state index in [1.165, 1.54) is 5.57 Å². The molecule has 11 aromatic carbocycles. The van der Waals surface area contributed by atoms with E-state index < -0.39 is 0 Å². The van der Waals surface area contributed by atoms with Crippen molar-refractivity contribution in [1.82, 2.24) is 9.97 Å². The molecule has 86 heavy (non-hydrogen) atoms. The second-order valence-corrected chi connectivity index (χ2v) is 22.0. The maximum Gasteiger partial charge on any atom is 0.143 e. The Morgan fingerprint density at radius 2 is 0.721 bits per heavy atom. The minimum Gasteiger partial charge on any atom is -0.456 e. The fraction of sp³-hybridized carbons (Fsp3) is 0.0250. The normalized spacial score (nSPS) is 12.3. The predicted octanol–water partition coefficient (Wildman–Crippen LogP) is 22.4. The zero-order valence-corrected chi connectivity index (χ0v) is 46.9. The van der Waals surface area contributed by atoms with Crippen molar-refractivity contribution in [2.45, 2.75) is 12.8 Å². The molecule has 0 unspecified atom stereocenters. The minimum atomic E-state index is 0.798. The Labute approximate surface area is 498 Å². The van der Waals surface area contributed by atoms with Gasteiger partial charge in [0.05, 0.1) is 11.4 Å². The molecule has 0 saturated heterocycles. The van der Waals surface area contributed by atoms with Crippen molar-refractivity contribution in [1.29, 1.82) is 0 Å². The third-order valence-corrected chi connectivity index (χ3v) is 16.9. The smallest absolute Gasteiger partial charge is 0.143 e. The van der Waals surface area contributed by atoms with Gasteiger partial charge in [-0.25, -0.2) is 0 Å². The van der Waals surface area contributed by atoms with Gasteiger partial charge in [-0.05, 0) is 158 Å². The lowest BCUT2D eigenvalue weighted by molar-refractivity contribution is 0.597. The highest BCUT2D eigenvalue weighted by atomic mass is 16.3. The predicted molar refractivity (Wildman–Crippen MR) is 357 cm³/mol. The molecule has 0 radical (unpaired) electrons. The van der Waals surface area contributed by atoms with E-state index in [2.05, 4.69) is 293 Å². The van der Waals surface area contributed by atoms with Crippen molar-refractivity contribution < 1.29 is 8.83 Å². The molecule has 0 atom stereocenters. The lowest BCUT2D eigenvalue weighted by Gasteiger charge is -2.30. The van der Waals surface area contributed by atoms with Gasteiger partial charge in [-0.2, -0.15) is 0 Å². The highest BCUT2D eigenvalue weighted by Gasteiger charge is 2.27. The number of nitrogens with zero attached hydrogens (tertiary/aromatic N) is 4. The fourth-order valence-electron chi connectivity index (χ4n) is 12.9. The number of allylic oxidation sites excluding steroid dienone is 4. The van der Waals surface area contributed by atoms with Gasteiger partial charge in [-0.1, -0.05) is 182 Å². The Bertz CT molecular complexity index is 5110. The topological polar surface area (TPSA) is 58.5 Å². The number of aromatic nitrogens is 2. The van der Waals surface area contributed by atoms with Crippen LogP contribution in [0.4, 0.5) is 34.1 Å². The number of rotatable bonds is 12. The van der Waals surface area contributed by atoms with Crippen LogP contribution in [-0.4, -0.2) is 9.97 Å². The third kappa shape index (κ3) is 8.91. The molecule has 0 amide bonds. The van der Waals surface area contributed by atoms with Crippen LogP contribution in [0.5, 0.6) is 0 Å². The Hall–Kier alpha value is -11.3. The average molecular weight is 1100 g/mol. The number of benzene rings is 11. The van der Waals surface area contributed by atoms with Gasteiger partial charge in [0.2, 0.25) is 0 Å². The van der Waals surface area contributed by atoms with Gasteiger partial charge in [0.25, 0.3) is 0 Å². The highest BCUT2D eigenvalue weighted by molar-refractivity contribution is 6.25. The second kappa shape index (κ2) is 21.4. The van der Waals surface area contributed by atoms with Crippen molar-refractivity contribution in [3.8, 4) is 55.8 Å². The maximum absolute atomic E-state index is 7.13. The molecule has 0 spiro atoms. The number of hydrogen-bond acceptors (Lipinski definition) is 6. The Balaban J connectivity index is 0.936. The summed E-state index contributed by atoms with van der Waals surface area (Å²) < 4.78 is 14.2. The summed E-state index contributed by atoms with van der Waals surface area (Å²) in [7, 11) is 0. The van der Waals surface area contributed by atoms with Crippen molar-refractivity contribution in [3.63, 3.8) is 0 Å². The van der Waals surface area contributed by atoms with Crippen molar-refractivity contribution in [2.24, 2.45) is 0 Å². The molecule has 6 nitrogen and oxygen atoms in total. The summed E-state index contributed by atoms with van der Waals surface area (Å²) in [5.41, 5.74) is 18.7. The quantitative estimate of drug-likeness (QED) is 0.114. The van der Waals surface area contributed by atoms with Crippen LogP contribution in [0.3, 0.4) is 0 Å². The van der Waals surface area contributed by atoms with E-state index in [1.807, 2.05) is 30.9 Å². The van der Waals surface area contributed by atoms with E-state index in [4.69, 9.17) is 8.83 Å². The molecule has 16 rings (SSSR count). The van der Waals surface area contributed by atoms with E-state index in [-0.39, 0.29) is 0 Å². The Kier molecular flexibility index (Phi) is 12.6. The van der Waals surface area contributed by atoms with Crippen molar-refractivity contribution in [3.05, 3.63) is 310 Å². The summed E-state index contributed by atoms with van der Waals surface area (Å²) in [6, 6.07) is 93.7. The number of hydrogen-bond donors (Lipinski definition) is 0. The largest absolute Gasteiger partial charge is 0.456 e. The molecule has 4 aromatic heterocycles. The molecular formula is C80H54N4O2. The van der Waals surface area contributed by atoms with Gasteiger partial charge >= 0.3 is 0 Å². The summed E-state index contributed by atoms with van der Waals surface area (Å²) in [5.74, 6) is 1.76. The summed E-state index contributed by atoms with van der Waals surface area (Å²) in [5, 5.41) is 8.83. The molecule has 0 fully saturated rings. The zero-order chi connectivity index (χ0) is 56.9. The molecule has 1 aliphatic carbocycles. The minimum absolute atomic E-state index is 0.798. The molecular weight excluding hydrogens is 1050 g/mol. The van der Waals surface area contributed by atoms with E-state index in [0.29, 0.717) is 0 Å². The molecule has 0 saturated carbocycles. The standard InChI is InChI=1S/C80H54N4O2/c1-5-19-55(20-6-1)77-69-37-35-63(49-75(69)85-79(77)57-23-9-3-10-24-57)83(61-29-17-27-59(47-61)53-39-43-81-44-40-53)73-51-71-66-32-14-16-34-68(66)74(52-72(71)65-31-13-15-33-67(65)73)84(62-30-18-28-60(48-62)54-41-45-82-46-42-54)64-36-38-70-76(50-64)86-80(58-25-11-4-12-26-58)78(70)56-21-7-2-8-22-56/h1-11,13-25,27-52H,12,26H2. The first-order chi connectivity index (χ1) is 42.7. The molecule has 15 aromatic rings. The van der Waals surface area contributed by atoms with Gasteiger partial charge in [-0.3, -0.25) is 9.97 Å². The van der Waals surface area contributed by atoms with E-state index >= 15 is 0 Å². The second-order valence-electron chi connectivity index (χ2n) is 22.0. The first-order valence-corrected chi connectivity index (χ1v) is 29.3. The van der Waals surface area contributed by atoms with E-state index in [1.54, 1.807) is 0 Å². The molecule has 6 heteroatoms. The van der Waals surface area contributed by atoms with Crippen molar-refractivity contribution >= 4 is 94.0 Å². The summed E-state index contributed by atoms with van der Waals surface area (Å²) in [6.07, 6.45) is 15.9. The number of furan rings is 2.